The van der Waals surface area contributed by atoms with Crippen LogP contribution in [0.15, 0.2) is 0 Å². The van der Waals surface area contributed by atoms with Gasteiger partial charge in [0.15, 0.2) is 0 Å². The number of carboxylic acids is 1. The summed E-state index contributed by atoms with van der Waals surface area (Å²) >= 11 is 1.93. The summed E-state index contributed by atoms with van der Waals surface area (Å²) in [6.07, 6.45) is 3.52. The van der Waals surface area contributed by atoms with Crippen LogP contribution in [0, 0.1) is 0 Å². The number of hydrogen-bond acceptors (Lipinski definition) is 3. The monoisotopic (exact) mass is 274 g/mol. The van der Waals surface area contributed by atoms with Gasteiger partial charge in [-0.25, -0.2) is 4.79 Å². The molecule has 1 aliphatic rings. The zero-order valence-electron chi connectivity index (χ0n) is 10.8. The highest BCUT2D eigenvalue weighted by Crippen LogP contribution is 2.16. The van der Waals surface area contributed by atoms with Gasteiger partial charge in [-0.05, 0) is 44.1 Å². The summed E-state index contributed by atoms with van der Waals surface area (Å²) in [6, 6.07) is 0.175. The van der Waals surface area contributed by atoms with Crippen LogP contribution in [0.1, 0.15) is 39.0 Å². The third kappa shape index (κ3) is 6.74. The molecule has 1 rings (SSSR count). The Kier molecular flexibility index (Phi) is 6.93. The van der Waals surface area contributed by atoms with E-state index in [-0.39, 0.29) is 24.5 Å². The molecule has 0 spiro atoms. The van der Waals surface area contributed by atoms with Gasteiger partial charge in [0, 0.05) is 18.5 Å². The van der Waals surface area contributed by atoms with Crippen LogP contribution in [0.2, 0.25) is 0 Å². The van der Waals surface area contributed by atoms with Gasteiger partial charge >= 0.3 is 12.0 Å². The van der Waals surface area contributed by atoms with Gasteiger partial charge in [-0.15, -0.1) is 0 Å². The summed E-state index contributed by atoms with van der Waals surface area (Å²) in [6.45, 7) is 1.90. The summed E-state index contributed by atoms with van der Waals surface area (Å²) < 4.78 is 0. The zero-order valence-corrected chi connectivity index (χ0v) is 11.6. The predicted octanol–water partition coefficient (Wildman–Crippen LogP) is 1.82. The van der Waals surface area contributed by atoms with E-state index in [0.29, 0.717) is 12.8 Å². The molecule has 2 amide bonds. The molecule has 1 atom stereocenters. The molecular weight excluding hydrogens is 252 g/mol. The first-order valence-corrected chi connectivity index (χ1v) is 7.60. The van der Waals surface area contributed by atoms with E-state index in [1.54, 1.807) is 0 Å². The molecular formula is C12H22N2O3S. The number of carbonyl (C=O) groups is 2. The molecule has 1 unspecified atom stereocenters. The van der Waals surface area contributed by atoms with Gasteiger partial charge in [-0.2, -0.15) is 11.8 Å². The van der Waals surface area contributed by atoms with Crippen LogP contribution in [0.25, 0.3) is 0 Å². The molecule has 1 fully saturated rings. The fourth-order valence-corrected chi connectivity index (χ4v) is 3.03. The molecule has 0 bridgehead atoms. The number of aliphatic carboxylic acids is 1. The average Bonchev–Trinajstić information content (AvgIpc) is 2.29. The van der Waals surface area contributed by atoms with E-state index in [9.17, 15) is 9.59 Å². The Bertz CT molecular complexity index is 280. The Balaban J connectivity index is 2.12. The van der Waals surface area contributed by atoms with Crippen molar-refractivity contribution in [2.45, 2.75) is 51.1 Å². The van der Waals surface area contributed by atoms with Crippen molar-refractivity contribution >= 4 is 23.8 Å². The highest BCUT2D eigenvalue weighted by Gasteiger charge is 2.16. The number of thioether (sulfide) groups is 1. The van der Waals surface area contributed by atoms with E-state index in [2.05, 4.69) is 10.6 Å². The lowest BCUT2D eigenvalue weighted by Crippen LogP contribution is -2.46. The predicted molar refractivity (Wildman–Crippen MR) is 73.0 cm³/mol. The van der Waals surface area contributed by atoms with Crippen molar-refractivity contribution in [3.05, 3.63) is 0 Å². The van der Waals surface area contributed by atoms with Crippen LogP contribution in [-0.2, 0) is 4.79 Å². The van der Waals surface area contributed by atoms with Gasteiger partial charge in [0.2, 0.25) is 0 Å². The fraction of sp³-hybridized carbons (Fsp3) is 0.833. The minimum Gasteiger partial charge on any atom is -0.481 e. The van der Waals surface area contributed by atoms with Crippen LogP contribution in [0.4, 0.5) is 4.79 Å². The van der Waals surface area contributed by atoms with E-state index in [4.69, 9.17) is 5.11 Å². The zero-order chi connectivity index (χ0) is 13.4. The molecule has 104 valence electrons. The smallest absolute Gasteiger partial charge is 0.315 e. The first kappa shape index (κ1) is 15.1. The number of nitrogens with one attached hydrogen (secondary N) is 2. The molecule has 1 saturated heterocycles. The molecule has 6 heteroatoms. The van der Waals surface area contributed by atoms with E-state index >= 15 is 0 Å². The Hall–Kier alpha value is -0.910. The van der Waals surface area contributed by atoms with Crippen molar-refractivity contribution in [3.63, 3.8) is 0 Å². The summed E-state index contributed by atoms with van der Waals surface area (Å²) in [5.74, 6) is 1.43. The third-order valence-corrected chi connectivity index (χ3v) is 4.01. The lowest BCUT2D eigenvalue weighted by atomic mass is 10.1. The fourth-order valence-electron chi connectivity index (χ4n) is 1.92. The second-order valence-corrected chi connectivity index (χ2v) is 5.92. The van der Waals surface area contributed by atoms with Gasteiger partial charge in [0.05, 0.1) is 0 Å². The number of amides is 2. The normalized spacial score (nSPS) is 18.1. The van der Waals surface area contributed by atoms with Crippen LogP contribution in [0.5, 0.6) is 0 Å². The lowest BCUT2D eigenvalue weighted by Gasteiger charge is -2.23. The maximum absolute atomic E-state index is 11.7. The van der Waals surface area contributed by atoms with E-state index in [1.807, 2.05) is 18.7 Å². The summed E-state index contributed by atoms with van der Waals surface area (Å²) in [5, 5.41) is 14.3. The quantitative estimate of drug-likeness (QED) is 0.690. The SMILES string of the molecule is CC(CCCC(=O)O)NC(=O)NC1CCSCC1. The van der Waals surface area contributed by atoms with E-state index < -0.39 is 5.97 Å². The second kappa shape index (κ2) is 8.24. The standard InChI is InChI=1S/C12H22N2O3S/c1-9(3-2-4-11(15)16)13-12(17)14-10-5-7-18-8-6-10/h9-10H,2-8H2,1H3,(H,15,16)(H2,13,14,17). The maximum Gasteiger partial charge on any atom is 0.315 e. The molecule has 0 aromatic heterocycles. The second-order valence-electron chi connectivity index (χ2n) is 4.69. The van der Waals surface area contributed by atoms with Crippen molar-refractivity contribution < 1.29 is 14.7 Å². The largest absolute Gasteiger partial charge is 0.481 e. The molecule has 1 heterocycles. The summed E-state index contributed by atoms with van der Waals surface area (Å²) in [5.41, 5.74) is 0. The summed E-state index contributed by atoms with van der Waals surface area (Å²) in [4.78, 5) is 22.0. The lowest BCUT2D eigenvalue weighted by molar-refractivity contribution is -0.137. The highest BCUT2D eigenvalue weighted by molar-refractivity contribution is 7.99. The first-order valence-electron chi connectivity index (χ1n) is 6.44. The van der Waals surface area contributed by atoms with Crippen LogP contribution < -0.4 is 10.6 Å². The molecule has 5 nitrogen and oxygen atoms in total. The van der Waals surface area contributed by atoms with Crippen LogP contribution >= 0.6 is 11.8 Å². The number of carbonyl (C=O) groups excluding carboxylic acids is 1. The molecule has 1 aliphatic heterocycles. The first-order chi connectivity index (χ1) is 8.58. The van der Waals surface area contributed by atoms with Gasteiger partial charge in [-0.1, -0.05) is 0 Å². The molecule has 0 aliphatic carbocycles. The van der Waals surface area contributed by atoms with E-state index in [1.165, 1.54) is 0 Å². The Morgan fingerprint density at radius 1 is 1.39 bits per heavy atom. The molecule has 0 aromatic carbocycles. The Labute approximate surface area is 112 Å². The number of hydrogen-bond donors (Lipinski definition) is 3. The minimum absolute atomic E-state index is 0.0160. The molecule has 3 N–H and O–H groups in total. The van der Waals surface area contributed by atoms with Gasteiger partial charge in [0.1, 0.15) is 0 Å². The maximum atomic E-state index is 11.7. The van der Waals surface area contributed by atoms with E-state index in [0.717, 1.165) is 24.3 Å². The molecule has 0 aromatic rings. The number of rotatable bonds is 6. The summed E-state index contributed by atoms with van der Waals surface area (Å²) in [7, 11) is 0. The minimum atomic E-state index is -0.786. The molecule has 0 saturated carbocycles. The van der Waals surface area contributed by atoms with Gasteiger partial charge in [0.25, 0.3) is 0 Å². The topological polar surface area (TPSA) is 78.4 Å². The Morgan fingerprint density at radius 2 is 2.06 bits per heavy atom. The van der Waals surface area contributed by atoms with Crippen molar-refractivity contribution in [1.82, 2.24) is 10.6 Å². The van der Waals surface area contributed by atoms with Crippen molar-refractivity contribution in [2.75, 3.05) is 11.5 Å². The number of urea groups is 1. The van der Waals surface area contributed by atoms with Crippen molar-refractivity contribution in [1.29, 1.82) is 0 Å². The average molecular weight is 274 g/mol. The third-order valence-electron chi connectivity index (χ3n) is 2.96. The van der Waals surface area contributed by atoms with Gasteiger partial charge < -0.3 is 15.7 Å². The van der Waals surface area contributed by atoms with Crippen LogP contribution in [0.3, 0.4) is 0 Å². The molecule has 0 radical (unpaired) electrons. The number of carboxylic acid groups (broad SMARTS) is 1. The van der Waals surface area contributed by atoms with Crippen molar-refractivity contribution in [3.8, 4) is 0 Å². The van der Waals surface area contributed by atoms with Crippen LogP contribution in [-0.4, -0.2) is 40.7 Å². The van der Waals surface area contributed by atoms with Gasteiger partial charge in [-0.3, -0.25) is 4.79 Å². The van der Waals surface area contributed by atoms with Crippen molar-refractivity contribution in [2.24, 2.45) is 0 Å². The Morgan fingerprint density at radius 3 is 2.67 bits per heavy atom. The highest BCUT2D eigenvalue weighted by atomic mass is 32.2. The molecule has 18 heavy (non-hydrogen) atoms.